The van der Waals surface area contributed by atoms with Gasteiger partial charge in [-0.25, -0.2) is 0 Å². The van der Waals surface area contributed by atoms with Crippen LogP contribution in [-0.2, 0) is 20.9 Å². The first-order valence-corrected chi connectivity index (χ1v) is 5.15. The first kappa shape index (κ1) is 12.7. The number of benzene rings is 1. The molecular formula is C12H17NO3. The lowest BCUT2D eigenvalue weighted by Crippen LogP contribution is -2.06. The number of carbonyl (C=O) groups is 1. The van der Waals surface area contributed by atoms with E-state index in [0.717, 1.165) is 11.3 Å². The molecule has 0 spiro atoms. The summed E-state index contributed by atoms with van der Waals surface area (Å²) < 4.78 is 10.3. The highest BCUT2D eigenvalue weighted by molar-refractivity contribution is 5.88. The number of rotatable bonds is 6. The van der Waals surface area contributed by atoms with Gasteiger partial charge in [0.2, 0.25) is 5.91 Å². The van der Waals surface area contributed by atoms with E-state index in [2.05, 4.69) is 5.32 Å². The Labute approximate surface area is 95.6 Å². The summed E-state index contributed by atoms with van der Waals surface area (Å²) >= 11 is 0. The molecule has 1 rings (SSSR count). The average Bonchev–Trinajstić information content (AvgIpc) is 2.24. The minimum atomic E-state index is -0.0718. The number of nitrogens with one attached hydrogen (secondary N) is 1. The Bertz CT molecular complexity index is 339. The van der Waals surface area contributed by atoms with Crippen LogP contribution in [0.5, 0.6) is 0 Å². The molecule has 0 bridgehead atoms. The van der Waals surface area contributed by atoms with Crippen molar-refractivity contribution in [3.63, 3.8) is 0 Å². The zero-order valence-corrected chi connectivity index (χ0v) is 9.66. The molecule has 0 aliphatic rings. The van der Waals surface area contributed by atoms with Crippen LogP contribution in [0.4, 0.5) is 5.69 Å². The Balaban J connectivity index is 2.44. The average molecular weight is 223 g/mol. The van der Waals surface area contributed by atoms with Gasteiger partial charge in [0.1, 0.15) is 0 Å². The van der Waals surface area contributed by atoms with Crippen LogP contribution < -0.4 is 5.32 Å². The zero-order chi connectivity index (χ0) is 11.8. The Morgan fingerprint density at radius 2 is 2.19 bits per heavy atom. The molecule has 0 fully saturated rings. The smallest absolute Gasteiger partial charge is 0.221 e. The van der Waals surface area contributed by atoms with Gasteiger partial charge in [0.15, 0.2) is 0 Å². The molecule has 1 amide bonds. The van der Waals surface area contributed by atoms with Gasteiger partial charge in [0.05, 0.1) is 19.8 Å². The van der Waals surface area contributed by atoms with Gasteiger partial charge < -0.3 is 14.8 Å². The van der Waals surface area contributed by atoms with Crippen LogP contribution in [-0.4, -0.2) is 26.2 Å². The van der Waals surface area contributed by atoms with Crippen molar-refractivity contribution < 1.29 is 14.3 Å². The molecule has 16 heavy (non-hydrogen) atoms. The molecule has 88 valence electrons. The summed E-state index contributed by atoms with van der Waals surface area (Å²) in [4.78, 5) is 10.9. The van der Waals surface area contributed by atoms with E-state index in [1.165, 1.54) is 6.92 Å². The molecular weight excluding hydrogens is 206 g/mol. The number of methoxy groups -OCH3 is 1. The lowest BCUT2D eigenvalue weighted by Gasteiger charge is -2.06. The van der Waals surface area contributed by atoms with Crippen LogP contribution in [0.25, 0.3) is 0 Å². The van der Waals surface area contributed by atoms with Gasteiger partial charge in [-0.2, -0.15) is 0 Å². The fourth-order valence-electron chi connectivity index (χ4n) is 1.27. The SMILES string of the molecule is COCCOCc1cccc(NC(C)=O)c1. The summed E-state index contributed by atoms with van der Waals surface area (Å²) in [6.07, 6.45) is 0. The summed E-state index contributed by atoms with van der Waals surface area (Å²) in [6, 6.07) is 7.59. The second-order valence-corrected chi connectivity index (χ2v) is 3.43. The number of carbonyl (C=O) groups excluding carboxylic acids is 1. The molecule has 0 aromatic heterocycles. The lowest BCUT2D eigenvalue weighted by atomic mass is 10.2. The minimum absolute atomic E-state index is 0.0718. The standard InChI is InChI=1S/C12H17NO3/c1-10(14)13-12-5-3-4-11(8-12)9-16-7-6-15-2/h3-5,8H,6-7,9H2,1-2H3,(H,13,14). The Kier molecular flexibility index (Phi) is 5.53. The van der Waals surface area contributed by atoms with E-state index in [4.69, 9.17) is 9.47 Å². The van der Waals surface area contributed by atoms with E-state index in [9.17, 15) is 4.79 Å². The second kappa shape index (κ2) is 6.98. The first-order valence-electron chi connectivity index (χ1n) is 5.15. The molecule has 0 saturated carbocycles. The third-order valence-electron chi connectivity index (χ3n) is 1.95. The van der Waals surface area contributed by atoms with E-state index in [1.54, 1.807) is 7.11 Å². The van der Waals surface area contributed by atoms with Crippen LogP contribution in [0.1, 0.15) is 12.5 Å². The molecule has 0 heterocycles. The number of anilines is 1. The molecule has 1 aromatic rings. The highest BCUT2D eigenvalue weighted by atomic mass is 16.5. The number of ether oxygens (including phenoxy) is 2. The maximum Gasteiger partial charge on any atom is 0.221 e. The third kappa shape index (κ3) is 4.91. The quantitative estimate of drug-likeness (QED) is 0.748. The van der Waals surface area contributed by atoms with Gasteiger partial charge in [0, 0.05) is 19.7 Å². The normalized spacial score (nSPS) is 10.1. The van der Waals surface area contributed by atoms with Crippen molar-refractivity contribution >= 4 is 11.6 Å². The van der Waals surface area contributed by atoms with Gasteiger partial charge in [-0.3, -0.25) is 4.79 Å². The fraction of sp³-hybridized carbons (Fsp3) is 0.417. The molecule has 0 radical (unpaired) electrons. The second-order valence-electron chi connectivity index (χ2n) is 3.43. The predicted molar refractivity (Wildman–Crippen MR) is 62.3 cm³/mol. The molecule has 4 nitrogen and oxygen atoms in total. The van der Waals surface area contributed by atoms with Crippen molar-refractivity contribution in [2.75, 3.05) is 25.6 Å². The topological polar surface area (TPSA) is 47.6 Å². The van der Waals surface area contributed by atoms with Gasteiger partial charge in [-0.15, -0.1) is 0 Å². The van der Waals surface area contributed by atoms with Crippen LogP contribution in [0.2, 0.25) is 0 Å². The van der Waals surface area contributed by atoms with E-state index < -0.39 is 0 Å². The van der Waals surface area contributed by atoms with Crippen LogP contribution in [0.3, 0.4) is 0 Å². The summed E-state index contributed by atoms with van der Waals surface area (Å²) in [6.45, 7) is 3.17. The minimum Gasteiger partial charge on any atom is -0.382 e. The lowest BCUT2D eigenvalue weighted by molar-refractivity contribution is -0.114. The van der Waals surface area contributed by atoms with Crippen molar-refractivity contribution in [3.8, 4) is 0 Å². The van der Waals surface area contributed by atoms with Crippen LogP contribution in [0, 0.1) is 0 Å². The number of hydrogen-bond acceptors (Lipinski definition) is 3. The fourth-order valence-corrected chi connectivity index (χ4v) is 1.27. The Morgan fingerprint density at radius 3 is 2.88 bits per heavy atom. The van der Waals surface area contributed by atoms with Gasteiger partial charge >= 0.3 is 0 Å². The van der Waals surface area contributed by atoms with E-state index >= 15 is 0 Å². The molecule has 0 saturated heterocycles. The van der Waals surface area contributed by atoms with E-state index in [1.807, 2.05) is 24.3 Å². The maximum absolute atomic E-state index is 10.9. The zero-order valence-electron chi connectivity index (χ0n) is 9.66. The van der Waals surface area contributed by atoms with E-state index in [-0.39, 0.29) is 5.91 Å². The van der Waals surface area contributed by atoms with Crippen molar-refractivity contribution in [1.29, 1.82) is 0 Å². The van der Waals surface area contributed by atoms with Crippen LogP contribution in [0.15, 0.2) is 24.3 Å². The molecule has 0 aliphatic carbocycles. The van der Waals surface area contributed by atoms with Crippen molar-refractivity contribution in [1.82, 2.24) is 0 Å². The summed E-state index contributed by atoms with van der Waals surface area (Å²) in [5.41, 5.74) is 1.82. The first-order chi connectivity index (χ1) is 7.72. The summed E-state index contributed by atoms with van der Waals surface area (Å²) in [5, 5.41) is 2.73. The summed E-state index contributed by atoms with van der Waals surface area (Å²) in [5.74, 6) is -0.0718. The molecule has 1 aromatic carbocycles. The van der Waals surface area contributed by atoms with Gasteiger partial charge in [-0.1, -0.05) is 12.1 Å². The van der Waals surface area contributed by atoms with Crippen molar-refractivity contribution in [3.05, 3.63) is 29.8 Å². The monoisotopic (exact) mass is 223 g/mol. The highest BCUT2D eigenvalue weighted by Gasteiger charge is 1.98. The van der Waals surface area contributed by atoms with Gasteiger partial charge in [-0.05, 0) is 17.7 Å². The van der Waals surface area contributed by atoms with Crippen molar-refractivity contribution in [2.45, 2.75) is 13.5 Å². The van der Waals surface area contributed by atoms with Crippen LogP contribution >= 0.6 is 0 Å². The predicted octanol–water partition coefficient (Wildman–Crippen LogP) is 1.81. The number of amides is 1. The molecule has 0 aliphatic heterocycles. The largest absolute Gasteiger partial charge is 0.382 e. The van der Waals surface area contributed by atoms with Gasteiger partial charge in [0.25, 0.3) is 0 Å². The highest BCUT2D eigenvalue weighted by Crippen LogP contribution is 2.11. The Hall–Kier alpha value is -1.39. The molecule has 4 heteroatoms. The molecule has 1 N–H and O–H groups in total. The maximum atomic E-state index is 10.9. The summed E-state index contributed by atoms with van der Waals surface area (Å²) in [7, 11) is 1.64. The third-order valence-corrected chi connectivity index (χ3v) is 1.95. The molecule has 0 unspecified atom stereocenters. The number of hydrogen-bond donors (Lipinski definition) is 1. The Morgan fingerprint density at radius 1 is 1.38 bits per heavy atom. The van der Waals surface area contributed by atoms with Crippen molar-refractivity contribution in [2.24, 2.45) is 0 Å². The molecule has 0 atom stereocenters. The van der Waals surface area contributed by atoms with E-state index in [0.29, 0.717) is 19.8 Å².